The third-order valence-electron chi connectivity index (χ3n) is 2.89. The maximum absolute atomic E-state index is 12.5. The van der Waals surface area contributed by atoms with Gasteiger partial charge >= 0.3 is 6.09 Å². The molecule has 2 fully saturated rings. The van der Waals surface area contributed by atoms with E-state index < -0.39 is 21.4 Å². The topological polar surface area (TPSA) is 67.8 Å². The Hall–Kier alpha value is -0.620. The van der Waals surface area contributed by atoms with E-state index in [0.29, 0.717) is 11.5 Å². The van der Waals surface area contributed by atoms with Crippen LogP contribution in [0, 0.1) is 0 Å². The van der Waals surface area contributed by atoms with Gasteiger partial charge < -0.3 is 10.1 Å². The van der Waals surface area contributed by atoms with Gasteiger partial charge in [0, 0.05) is 23.6 Å². The van der Waals surface area contributed by atoms with Crippen LogP contribution in [0.1, 0.15) is 33.6 Å². The first-order valence-electron chi connectivity index (χ1n) is 5.97. The van der Waals surface area contributed by atoms with Crippen LogP contribution in [0.3, 0.4) is 0 Å². The van der Waals surface area contributed by atoms with Gasteiger partial charge in [0.1, 0.15) is 5.60 Å². The number of hydrogen-bond donors (Lipinski definition) is 1. The van der Waals surface area contributed by atoms with Gasteiger partial charge in [-0.15, -0.1) is 4.36 Å². The zero-order valence-electron chi connectivity index (χ0n) is 10.6. The van der Waals surface area contributed by atoms with Crippen LogP contribution in [0.5, 0.6) is 0 Å². The Morgan fingerprint density at radius 3 is 2.29 bits per heavy atom. The van der Waals surface area contributed by atoms with E-state index in [4.69, 9.17) is 4.74 Å². The molecule has 2 aliphatic rings. The Kier molecular flexibility index (Phi) is 3.20. The molecule has 2 aliphatic heterocycles. The quantitative estimate of drug-likeness (QED) is 0.717. The van der Waals surface area contributed by atoms with Crippen molar-refractivity contribution in [2.75, 3.05) is 11.5 Å². The summed E-state index contributed by atoms with van der Waals surface area (Å²) < 4.78 is 21.4. The molecular formula is C11H20N2O3S. The number of carbonyl (C=O) groups excluding carboxylic acids is 1. The maximum Gasteiger partial charge on any atom is 0.442 e. The molecule has 1 N–H and O–H groups in total. The summed E-state index contributed by atoms with van der Waals surface area (Å²) >= 11 is 0. The van der Waals surface area contributed by atoms with E-state index in [0.717, 1.165) is 12.8 Å². The molecule has 2 unspecified atom stereocenters. The third kappa shape index (κ3) is 3.42. The molecule has 0 aromatic carbocycles. The molecule has 5 nitrogen and oxygen atoms in total. The first-order valence-corrected chi connectivity index (χ1v) is 7.83. The molecule has 0 aliphatic carbocycles. The van der Waals surface area contributed by atoms with E-state index in [1.165, 1.54) is 0 Å². The molecule has 0 aromatic heterocycles. The average Bonchev–Trinajstić information content (AvgIpc) is 2.41. The predicted molar refractivity (Wildman–Crippen MR) is 66.5 cm³/mol. The number of hydrogen-bond acceptors (Lipinski definition) is 4. The second-order valence-corrected chi connectivity index (χ2v) is 8.21. The fourth-order valence-electron chi connectivity index (χ4n) is 2.35. The summed E-state index contributed by atoms with van der Waals surface area (Å²) in [5.41, 5.74) is -0.581. The zero-order valence-corrected chi connectivity index (χ0v) is 11.4. The van der Waals surface area contributed by atoms with Gasteiger partial charge in [0.2, 0.25) is 0 Å². The summed E-state index contributed by atoms with van der Waals surface area (Å²) in [5.74, 6) is 0.950. The van der Waals surface area contributed by atoms with Crippen LogP contribution < -0.4 is 5.32 Å². The maximum atomic E-state index is 12.5. The Balaban J connectivity index is 2.10. The lowest BCUT2D eigenvalue weighted by molar-refractivity contribution is 0.0607. The molecule has 0 radical (unpaired) electrons. The smallest absolute Gasteiger partial charge is 0.442 e. The molecule has 2 bridgehead atoms. The van der Waals surface area contributed by atoms with Crippen LogP contribution in [0.4, 0.5) is 4.79 Å². The van der Waals surface area contributed by atoms with Gasteiger partial charge in [-0.2, -0.15) is 0 Å². The van der Waals surface area contributed by atoms with Gasteiger partial charge in [0.05, 0.1) is 9.73 Å². The lowest BCUT2D eigenvalue weighted by Crippen LogP contribution is -2.45. The number of carbonyl (C=O) groups is 1. The number of fused-ring (bicyclic) bond motifs is 2. The second kappa shape index (κ2) is 4.24. The van der Waals surface area contributed by atoms with Crippen molar-refractivity contribution >= 4 is 15.8 Å². The summed E-state index contributed by atoms with van der Waals surface area (Å²) in [4.78, 5) is 11.6. The van der Waals surface area contributed by atoms with E-state index in [1.54, 1.807) is 20.8 Å². The Morgan fingerprint density at radius 1 is 1.29 bits per heavy atom. The number of amides is 1. The highest BCUT2D eigenvalue weighted by atomic mass is 32.2. The number of rotatable bonds is 0. The van der Waals surface area contributed by atoms with Gasteiger partial charge in [-0.05, 0) is 33.6 Å². The summed E-state index contributed by atoms with van der Waals surface area (Å²) in [5, 5.41) is 3.38. The minimum absolute atomic E-state index is 0.257. The van der Waals surface area contributed by atoms with Gasteiger partial charge in [0.25, 0.3) is 0 Å². The van der Waals surface area contributed by atoms with Crippen molar-refractivity contribution in [3.05, 3.63) is 0 Å². The Morgan fingerprint density at radius 2 is 1.82 bits per heavy atom. The van der Waals surface area contributed by atoms with Crippen LogP contribution in [-0.4, -0.2) is 39.5 Å². The number of nitrogens with zero attached hydrogens (tertiary/aromatic N) is 1. The number of nitrogens with one attached hydrogen (secondary N) is 1. The average molecular weight is 260 g/mol. The van der Waals surface area contributed by atoms with Crippen LogP contribution in [-0.2, 0) is 14.5 Å². The zero-order chi connectivity index (χ0) is 12.7. The van der Waals surface area contributed by atoms with Crippen molar-refractivity contribution < 1.29 is 13.7 Å². The van der Waals surface area contributed by atoms with Gasteiger partial charge in [-0.1, -0.05) is 0 Å². The van der Waals surface area contributed by atoms with E-state index in [2.05, 4.69) is 9.68 Å². The first kappa shape index (κ1) is 12.8. The molecule has 2 rings (SSSR count). The predicted octanol–water partition coefficient (Wildman–Crippen LogP) is 1.52. The molecule has 0 spiro atoms. The van der Waals surface area contributed by atoms with Crippen LogP contribution >= 0.6 is 0 Å². The summed E-state index contributed by atoms with van der Waals surface area (Å²) in [6, 6.07) is 0.514. The molecule has 98 valence electrons. The van der Waals surface area contributed by atoms with Crippen molar-refractivity contribution in [3.63, 3.8) is 0 Å². The molecule has 2 saturated heterocycles. The highest BCUT2D eigenvalue weighted by molar-refractivity contribution is 7.94. The van der Waals surface area contributed by atoms with E-state index in [-0.39, 0.29) is 12.1 Å². The molecule has 2 heterocycles. The molecule has 0 aromatic rings. The van der Waals surface area contributed by atoms with Crippen molar-refractivity contribution in [3.8, 4) is 0 Å². The molecule has 2 atom stereocenters. The van der Waals surface area contributed by atoms with E-state index in [9.17, 15) is 9.00 Å². The van der Waals surface area contributed by atoms with E-state index in [1.807, 2.05) is 0 Å². The minimum Gasteiger partial charge on any atom is -0.442 e. The SMILES string of the molecule is CC(C)(C)OC(=O)N=S1(=O)CC2CCC(C1)N2. The lowest BCUT2D eigenvalue weighted by Gasteiger charge is -2.24. The highest BCUT2D eigenvalue weighted by Gasteiger charge is 2.36. The molecule has 1 amide bonds. The van der Waals surface area contributed by atoms with Crippen molar-refractivity contribution in [2.45, 2.75) is 51.3 Å². The van der Waals surface area contributed by atoms with Crippen molar-refractivity contribution in [1.82, 2.24) is 5.32 Å². The molecule has 6 heteroatoms. The fourth-order valence-corrected chi connectivity index (χ4v) is 4.73. The number of ether oxygens (including phenoxy) is 1. The standard InChI is InChI=1S/C11H20N2O3S/c1-11(2,3)16-10(14)13-17(15)6-8-4-5-9(7-17)12-8/h8-9,12H,4-7H2,1-3H3. The fraction of sp³-hybridized carbons (Fsp3) is 0.909. The lowest BCUT2D eigenvalue weighted by atomic mass is 10.2. The van der Waals surface area contributed by atoms with Crippen LogP contribution in [0.15, 0.2) is 4.36 Å². The van der Waals surface area contributed by atoms with Crippen molar-refractivity contribution in [1.29, 1.82) is 0 Å². The molecular weight excluding hydrogens is 240 g/mol. The Labute approximate surface area is 102 Å². The summed E-state index contributed by atoms with van der Waals surface area (Å²) in [7, 11) is -2.41. The molecule has 0 saturated carbocycles. The van der Waals surface area contributed by atoms with Crippen molar-refractivity contribution in [2.24, 2.45) is 4.36 Å². The normalized spacial score (nSPS) is 36.6. The van der Waals surface area contributed by atoms with Gasteiger partial charge in [-0.25, -0.2) is 9.00 Å². The molecule has 17 heavy (non-hydrogen) atoms. The minimum atomic E-state index is -2.41. The summed E-state index contributed by atoms with van der Waals surface area (Å²) in [6.45, 7) is 5.33. The van der Waals surface area contributed by atoms with Crippen LogP contribution in [0.25, 0.3) is 0 Å². The second-order valence-electron chi connectivity index (χ2n) is 5.82. The highest BCUT2D eigenvalue weighted by Crippen LogP contribution is 2.23. The third-order valence-corrected chi connectivity index (χ3v) is 5.22. The van der Waals surface area contributed by atoms with Gasteiger partial charge in [-0.3, -0.25) is 0 Å². The largest absolute Gasteiger partial charge is 0.442 e. The van der Waals surface area contributed by atoms with Gasteiger partial charge in [0.15, 0.2) is 0 Å². The van der Waals surface area contributed by atoms with E-state index >= 15 is 0 Å². The van der Waals surface area contributed by atoms with Crippen LogP contribution in [0.2, 0.25) is 0 Å². The first-order chi connectivity index (χ1) is 7.76. The Bertz CT molecular complexity index is 414. The summed E-state index contributed by atoms with van der Waals surface area (Å²) in [6.07, 6.45) is 1.38. The monoisotopic (exact) mass is 260 g/mol.